The first kappa shape index (κ1) is 16.0. The van der Waals surface area contributed by atoms with Crippen LogP contribution in [0.1, 0.15) is 24.1 Å². The maximum atomic E-state index is 12.9. The molecule has 25 heavy (non-hydrogen) atoms. The maximum Gasteiger partial charge on any atom is 0.227 e. The Kier molecular flexibility index (Phi) is 4.36. The number of nitrogens with zero attached hydrogens (tertiary/aromatic N) is 4. The lowest BCUT2D eigenvalue weighted by Gasteiger charge is -2.35. The van der Waals surface area contributed by atoms with E-state index >= 15 is 0 Å². The Balaban J connectivity index is 1.51. The number of carbonyl (C=O) groups excluding carboxylic acids is 1. The summed E-state index contributed by atoms with van der Waals surface area (Å²) in [7, 11) is 0. The summed E-state index contributed by atoms with van der Waals surface area (Å²) >= 11 is 0. The van der Waals surface area contributed by atoms with Gasteiger partial charge in [0.25, 0.3) is 0 Å². The van der Waals surface area contributed by atoms with E-state index in [2.05, 4.69) is 14.9 Å². The second kappa shape index (κ2) is 6.80. The Morgan fingerprint density at radius 2 is 1.92 bits per heavy atom. The average Bonchev–Trinajstić information content (AvgIpc) is 2.90. The molecule has 6 heteroatoms. The van der Waals surface area contributed by atoms with Crippen molar-refractivity contribution in [3.8, 4) is 0 Å². The molecule has 3 aliphatic rings. The van der Waals surface area contributed by atoms with Crippen molar-refractivity contribution in [3.63, 3.8) is 0 Å². The number of hydrogen-bond acceptors (Lipinski definition) is 5. The molecular weight excluding hydrogens is 314 g/mol. The second-order valence-electron chi connectivity index (χ2n) is 6.96. The normalized spacial score (nSPS) is 23.7. The van der Waals surface area contributed by atoms with E-state index in [4.69, 9.17) is 5.73 Å². The summed E-state index contributed by atoms with van der Waals surface area (Å²) in [6, 6.07) is 10.0. The van der Waals surface area contributed by atoms with Gasteiger partial charge in [-0.2, -0.15) is 0 Å². The van der Waals surface area contributed by atoms with Crippen LogP contribution < -0.4 is 5.73 Å². The van der Waals surface area contributed by atoms with E-state index in [-0.39, 0.29) is 17.9 Å². The number of pyridine rings is 2. The number of amides is 1. The Morgan fingerprint density at radius 1 is 1.04 bits per heavy atom. The van der Waals surface area contributed by atoms with Gasteiger partial charge in [-0.05, 0) is 31.0 Å². The van der Waals surface area contributed by atoms with Gasteiger partial charge in [0.05, 0.1) is 18.2 Å². The molecule has 3 fully saturated rings. The van der Waals surface area contributed by atoms with E-state index in [0.29, 0.717) is 12.4 Å². The summed E-state index contributed by atoms with van der Waals surface area (Å²) in [4.78, 5) is 25.9. The Bertz CT molecular complexity index is 750. The van der Waals surface area contributed by atoms with Crippen LogP contribution >= 0.6 is 0 Å². The second-order valence-corrected chi connectivity index (χ2v) is 6.96. The monoisotopic (exact) mass is 337 g/mol. The molecule has 0 radical (unpaired) electrons. The van der Waals surface area contributed by atoms with Crippen molar-refractivity contribution >= 4 is 11.7 Å². The molecule has 3 aliphatic heterocycles. The van der Waals surface area contributed by atoms with Crippen molar-refractivity contribution in [3.05, 3.63) is 54.0 Å². The highest BCUT2D eigenvalue weighted by Crippen LogP contribution is 2.31. The SMILES string of the molecule is Nc1ncccc1CN1C[C@H]2CC[C@@H](C1)N(Cc1ccccn1)C2=O. The molecule has 2 bridgehead atoms. The summed E-state index contributed by atoms with van der Waals surface area (Å²) in [6.45, 7) is 3.02. The van der Waals surface area contributed by atoms with Crippen LogP contribution in [-0.2, 0) is 17.9 Å². The fourth-order valence-electron chi connectivity index (χ4n) is 3.96. The zero-order chi connectivity index (χ0) is 17.2. The molecule has 2 aromatic heterocycles. The summed E-state index contributed by atoms with van der Waals surface area (Å²) in [5.41, 5.74) is 7.98. The fourth-order valence-corrected chi connectivity index (χ4v) is 3.96. The van der Waals surface area contributed by atoms with Gasteiger partial charge in [-0.25, -0.2) is 4.98 Å². The Morgan fingerprint density at radius 3 is 2.72 bits per heavy atom. The van der Waals surface area contributed by atoms with Crippen LogP contribution in [0.5, 0.6) is 0 Å². The first-order chi connectivity index (χ1) is 12.2. The molecule has 5 rings (SSSR count). The zero-order valence-electron chi connectivity index (χ0n) is 14.2. The van der Waals surface area contributed by atoms with Crippen molar-refractivity contribution in [1.29, 1.82) is 0 Å². The number of fused-ring (bicyclic) bond motifs is 4. The first-order valence-corrected chi connectivity index (χ1v) is 8.83. The highest BCUT2D eigenvalue weighted by Gasteiger charge is 2.40. The van der Waals surface area contributed by atoms with Crippen molar-refractivity contribution in [1.82, 2.24) is 19.8 Å². The average molecular weight is 337 g/mol. The van der Waals surface area contributed by atoms with E-state index in [1.165, 1.54) is 0 Å². The molecular formula is C19H23N5O. The molecule has 0 unspecified atom stereocenters. The predicted octanol–water partition coefficient (Wildman–Crippen LogP) is 1.68. The molecule has 0 aromatic carbocycles. The molecule has 1 amide bonds. The van der Waals surface area contributed by atoms with Gasteiger partial charge in [-0.1, -0.05) is 12.1 Å². The summed E-state index contributed by atoms with van der Waals surface area (Å²) < 4.78 is 0. The number of carbonyl (C=O) groups is 1. The number of rotatable bonds is 4. The predicted molar refractivity (Wildman–Crippen MR) is 95.2 cm³/mol. The lowest BCUT2D eigenvalue weighted by atomic mass is 9.94. The number of nitrogen functional groups attached to an aromatic ring is 1. The molecule has 6 nitrogen and oxygen atoms in total. The molecule has 0 saturated carbocycles. The van der Waals surface area contributed by atoms with Crippen molar-refractivity contribution in [2.75, 3.05) is 18.8 Å². The zero-order valence-corrected chi connectivity index (χ0v) is 14.2. The third kappa shape index (κ3) is 3.35. The van der Waals surface area contributed by atoms with Gasteiger partial charge in [-0.3, -0.25) is 14.7 Å². The van der Waals surface area contributed by atoms with Crippen LogP contribution in [0, 0.1) is 5.92 Å². The minimum Gasteiger partial charge on any atom is -0.383 e. The van der Waals surface area contributed by atoms with Gasteiger partial charge in [0.1, 0.15) is 5.82 Å². The number of nitrogens with two attached hydrogens (primary N) is 1. The van der Waals surface area contributed by atoms with Crippen LogP contribution in [0.25, 0.3) is 0 Å². The third-order valence-electron chi connectivity index (χ3n) is 5.25. The number of hydrogen-bond donors (Lipinski definition) is 1. The number of aromatic nitrogens is 2. The molecule has 2 atom stereocenters. The number of anilines is 1. The largest absolute Gasteiger partial charge is 0.383 e. The van der Waals surface area contributed by atoms with Crippen LogP contribution in [0.4, 0.5) is 5.82 Å². The fraction of sp³-hybridized carbons (Fsp3) is 0.421. The minimum absolute atomic E-state index is 0.0698. The molecule has 3 saturated heterocycles. The van der Waals surface area contributed by atoms with Gasteiger partial charge < -0.3 is 10.6 Å². The van der Waals surface area contributed by atoms with Crippen LogP contribution in [-0.4, -0.2) is 44.8 Å². The van der Waals surface area contributed by atoms with E-state index in [1.807, 2.05) is 35.2 Å². The first-order valence-electron chi connectivity index (χ1n) is 8.83. The minimum atomic E-state index is 0.0698. The molecule has 5 heterocycles. The maximum absolute atomic E-state index is 12.9. The highest BCUT2D eigenvalue weighted by atomic mass is 16.2. The molecule has 130 valence electrons. The van der Waals surface area contributed by atoms with E-state index in [9.17, 15) is 4.79 Å². The Labute approximate surface area is 147 Å². The number of piperidine rings is 1. The molecule has 2 aromatic rings. The van der Waals surface area contributed by atoms with Gasteiger partial charge in [0, 0.05) is 43.6 Å². The van der Waals surface area contributed by atoms with E-state index in [1.54, 1.807) is 12.4 Å². The smallest absolute Gasteiger partial charge is 0.227 e. The van der Waals surface area contributed by atoms with Gasteiger partial charge >= 0.3 is 0 Å². The lowest BCUT2D eigenvalue weighted by Crippen LogP contribution is -2.47. The van der Waals surface area contributed by atoms with Crippen molar-refractivity contribution < 1.29 is 4.79 Å². The van der Waals surface area contributed by atoms with Crippen LogP contribution in [0.15, 0.2) is 42.7 Å². The van der Waals surface area contributed by atoms with E-state index < -0.39 is 0 Å². The topological polar surface area (TPSA) is 75.3 Å². The summed E-state index contributed by atoms with van der Waals surface area (Å²) in [6.07, 6.45) is 5.53. The highest BCUT2D eigenvalue weighted by molar-refractivity contribution is 5.80. The third-order valence-corrected chi connectivity index (χ3v) is 5.25. The standard InChI is InChI=1S/C19H23N5O/c20-18-14(4-3-9-22-18)10-23-11-15-6-7-17(13-23)24(19(15)25)12-16-5-1-2-8-21-16/h1-5,8-9,15,17H,6-7,10-13H2,(H2,20,22)/t15-,17+/m1/s1. The molecule has 0 spiro atoms. The Hall–Kier alpha value is -2.47. The molecule has 0 aliphatic carbocycles. The van der Waals surface area contributed by atoms with Gasteiger partial charge in [-0.15, -0.1) is 0 Å². The van der Waals surface area contributed by atoms with Crippen molar-refractivity contribution in [2.24, 2.45) is 5.92 Å². The summed E-state index contributed by atoms with van der Waals surface area (Å²) in [5, 5.41) is 0. The van der Waals surface area contributed by atoms with E-state index in [0.717, 1.165) is 43.7 Å². The van der Waals surface area contributed by atoms with Crippen LogP contribution in [0.2, 0.25) is 0 Å². The van der Waals surface area contributed by atoms with Crippen molar-refractivity contribution in [2.45, 2.75) is 32.0 Å². The van der Waals surface area contributed by atoms with Gasteiger partial charge in [0.15, 0.2) is 0 Å². The summed E-state index contributed by atoms with van der Waals surface area (Å²) in [5.74, 6) is 0.916. The molecule has 2 N–H and O–H groups in total. The quantitative estimate of drug-likeness (QED) is 0.919. The lowest BCUT2D eigenvalue weighted by molar-refractivity contribution is -0.140. The van der Waals surface area contributed by atoms with Gasteiger partial charge in [0.2, 0.25) is 5.91 Å². The van der Waals surface area contributed by atoms with Crippen LogP contribution in [0.3, 0.4) is 0 Å².